The lowest BCUT2D eigenvalue weighted by Crippen LogP contribution is -2.34. The summed E-state index contributed by atoms with van der Waals surface area (Å²) < 4.78 is 11.1. The molecule has 1 saturated heterocycles. The summed E-state index contributed by atoms with van der Waals surface area (Å²) in [6, 6.07) is 2.07. The summed E-state index contributed by atoms with van der Waals surface area (Å²) in [5.41, 5.74) is 1.05. The third-order valence-corrected chi connectivity index (χ3v) is 3.76. The predicted molar refractivity (Wildman–Crippen MR) is 65.4 cm³/mol. The summed E-state index contributed by atoms with van der Waals surface area (Å²) in [4.78, 5) is 11.1. The molecule has 0 unspecified atom stereocenters. The van der Waals surface area contributed by atoms with Gasteiger partial charge in [-0.25, -0.2) is 0 Å². The van der Waals surface area contributed by atoms with Gasteiger partial charge in [0.1, 0.15) is 5.76 Å². The molecule has 1 heterocycles. The van der Waals surface area contributed by atoms with E-state index in [1.807, 2.05) is 0 Å². The van der Waals surface area contributed by atoms with Gasteiger partial charge in [-0.15, -0.1) is 0 Å². The molecule has 0 N–H and O–H groups in total. The Morgan fingerprint density at radius 2 is 2.22 bits per heavy atom. The lowest BCUT2D eigenvalue weighted by molar-refractivity contribution is -0.137. The molecule has 98 valence electrons. The molecule has 1 spiro atoms. The van der Waals surface area contributed by atoms with E-state index in [9.17, 15) is 4.79 Å². The maximum Gasteiger partial charge on any atom is 0.307 e. The number of carbonyl (C=O) groups is 1. The van der Waals surface area contributed by atoms with E-state index in [-0.39, 0.29) is 18.0 Å². The SMILES string of the molecule is CC(=O)O/C(CC#N)=C1/CCOC2(CCCC2)C1. The highest BCUT2D eigenvalue weighted by Gasteiger charge is 2.39. The molecule has 1 aliphatic carbocycles. The van der Waals surface area contributed by atoms with Crippen LogP contribution in [0.1, 0.15) is 51.9 Å². The lowest BCUT2D eigenvalue weighted by atomic mass is 9.87. The van der Waals surface area contributed by atoms with E-state index in [4.69, 9.17) is 14.7 Å². The third kappa shape index (κ3) is 2.91. The number of allylic oxidation sites excluding steroid dienone is 1. The van der Waals surface area contributed by atoms with E-state index in [1.54, 1.807) is 0 Å². The van der Waals surface area contributed by atoms with Crippen LogP contribution in [0.4, 0.5) is 0 Å². The number of carbonyl (C=O) groups excluding carboxylic acids is 1. The molecule has 1 aliphatic heterocycles. The van der Waals surface area contributed by atoms with Crippen LogP contribution < -0.4 is 0 Å². The Kier molecular flexibility index (Phi) is 4.03. The standard InChI is InChI=1S/C14H19NO3/c1-11(16)18-13(4-8-15)12-5-9-17-14(10-12)6-2-3-7-14/h2-7,9-10H2,1H3/b13-12-. The second kappa shape index (κ2) is 5.53. The normalized spacial score (nSPS) is 24.7. The van der Waals surface area contributed by atoms with Gasteiger partial charge in [0.2, 0.25) is 0 Å². The van der Waals surface area contributed by atoms with Gasteiger partial charge in [-0.1, -0.05) is 12.8 Å². The highest BCUT2D eigenvalue weighted by molar-refractivity contribution is 5.67. The molecule has 2 aliphatic rings. The first-order chi connectivity index (χ1) is 8.65. The number of ether oxygens (including phenoxy) is 2. The van der Waals surface area contributed by atoms with Crippen molar-refractivity contribution in [2.45, 2.75) is 57.5 Å². The van der Waals surface area contributed by atoms with Crippen LogP contribution in [0.5, 0.6) is 0 Å². The number of rotatable bonds is 2. The molecule has 0 aromatic heterocycles. The molecule has 1 saturated carbocycles. The molecule has 0 radical (unpaired) electrons. The summed E-state index contributed by atoms with van der Waals surface area (Å²) in [5.74, 6) is 0.208. The molecule has 0 atom stereocenters. The highest BCUT2D eigenvalue weighted by atomic mass is 16.5. The summed E-state index contributed by atoms with van der Waals surface area (Å²) in [5, 5.41) is 8.83. The van der Waals surface area contributed by atoms with Crippen molar-refractivity contribution < 1.29 is 14.3 Å². The highest BCUT2D eigenvalue weighted by Crippen LogP contribution is 2.42. The quantitative estimate of drug-likeness (QED) is 0.557. The smallest absolute Gasteiger partial charge is 0.307 e. The molecular formula is C14H19NO3. The van der Waals surface area contributed by atoms with Gasteiger partial charge in [-0.3, -0.25) is 4.79 Å². The fourth-order valence-electron chi connectivity index (χ4n) is 2.98. The fraction of sp³-hybridized carbons (Fsp3) is 0.714. The summed E-state index contributed by atoms with van der Waals surface area (Å²) >= 11 is 0. The molecule has 2 rings (SSSR count). The zero-order chi connectivity index (χ0) is 13.0. The van der Waals surface area contributed by atoms with Gasteiger partial charge >= 0.3 is 5.97 Å². The van der Waals surface area contributed by atoms with Crippen molar-refractivity contribution in [1.29, 1.82) is 5.26 Å². The van der Waals surface area contributed by atoms with Crippen molar-refractivity contribution >= 4 is 5.97 Å². The Morgan fingerprint density at radius 3 is 2.83 bits per heavy atom. The van der Waals surface area contributed by atoms with Crippen molar-refractivity contribution in [3.63, 3.8) is 0 Å². The summed E-state index contributed by atoms with van der Waals surface area (Å²) in [6.07, 6.45) is 6.32. The number of hydrogen-bond acceptors (Lipinski definition) is 4. The first-order valence-corrected chi connectivity index (χ1v) is 6.55. The minimum absolute atomic E-state index is 0.0472. The van der Waals surface area contributed by atoms with E-state index < -0.39 is 0 Å². The molecule has 0 amide bonds. The molecule has 4 nitrogen and oxygen atoms in total. The van der Waals surface area contributed by atoms with E-state index in [0.29, 0.717) is 12.4 Å². The Balaban J connectivity index is 2.17. The van der Waals surface area contributed by atoms with Crippen molar-refractivity contribution in [2.24, 2.45) is 0 Å². The monoisotopic (exact) mass is 249 g/mol. The van der Waals surface area contributed by atoms with E-state index >= 15 is 0 Å². The Labute approximate surface area is 108 Å². The number of hydrogen-bond donors (Lipinski definition) is 0. The van der Waals surface area contributed by atoms with Crippen LogP contribution >= 0.6 is 0 Å². The fourth-order valence-corrected chi connectivity index (χ4v) is 2.98. The lowest BCUT2D eigenvalue weighted by Gasteiger charge is -2.35. The van der Waals surface area contributed by atoms with Crippen molar-refractivity contribution in [3.05, 3.63) is 11.3 Å². The van der Waals surface area contributed by atoms with Gasteiger partial charge in [-0.05, 0) is 24.8 Å². The minimum Gasteiger partial charge on any atom is -0.430 e. The maximum absolute atomic E-state index is 11.1. The van der Waals surface area contributed by atoms with Crippen LogP contribution in [-0.2, 0) is 14.3 Å². The first-order valence-electron chi connectivity index (χ1n) is 6.55. The zero-order valence-electron chi connectivity index (χ0n) is 10.8. The maximum atomic E-state index is 11.1. The summed E-state index contributed by atoms with van der Waals surface area (Å²) in [7, 11) is 0. The van der Waals surface area contributed by atoms with E-state index in [1.165, 1.54) is 19.8 Å². The Morgan fingerprint density at radius 1 is 1.50 bits per heavy atom. The molecule has 4 heteroatoms. The molecule has 18 heavy (non-hydrogen) atoms. The second-order valence-corrected chi connectivity index (χ2v) is 5.12. The van der Waals surface area contributed by atoms with Gasteiger partial charge in [0.25, 0.3) is 0 Å². The topological polar surface area (TPSA) is 59.3 Å². The molecule has 0 aromatic rings. The van der Waals surface area contributed by atoms with Crippen LogP contribution in [0.2, 0.25) is 0 Å². The van der Waals surface area contributed by atoms with Crippen molar-refractivity contribution in [3.8, 4) is 6.07 Å². The largest absolute Gasteiger partial charge is 0.430 e. The second-order valence-electron chi connectivity index (χ2n) is 5.12. The number of nitriles is 1. The third-order valence-electron chi connectivity index (χ3n) is 3.76. The van der Waals surface area contributed by atoms with Crippen LogP contribution in [0.15, 0.2) is 11.3 Å². The van der Waals surface area contributed by atoms with E-state index in [0.717, 1.165) is 31.3 Å². The summed E-state index contributed by atoms with van der Waals surface area (Å²) in [6.45, 7) is 2.05. The molecule has 2 fully saturated rings. The van der Waals surface area contributed by atoms with Gasteiger partial charge in [0.15, 0.2) is 0 Å². The van der Waals surface area contributed by atoms with Gasteiger partial charge < -0.3 is 9.47 Å². The predicted octanol–water partition coefficient (Wildman–Crippen LogP) is 2.84. The molecule has 0 aromatic carbocycles. The Hall–Kier alpha value is -1.34. The van der Waals surface area contributed by atoms with Gasteiger partial charge in [0.05, 0.1) is 24.7 Å². The molecule has 0 bridgehead atoms. The van der Waals surface area contributed by atoms with Crippen LogP contribution in [0.3, 0.4) is 0 Å². The molecular weight excluding hydrogens is 230 g/mol. The van der Waals surface area contributed by atoms with Crippen LogP contribution in [0.25, 0.3) is 0 Å². The van der Waals surface area contributed by atoms with Crippen molar-refractivity contribution in [1.82, 2.24) is 0 Å². The average molecular weight is 249 g/mol. The first kappa shape index (κ1) is 13.1. The number of nitrogens with zero attached hydrogens (tertiary/aromatic N) is 1. The van der Waals surface area contributed by atoms with E-state index in [2.05, 4.69) is 6.07 Å². The van der Waals surface area contributed by atoms with Crippen LogP contribution in [-0.4, -0.2) is 18.2 Å². The van der Waals surface area contributed by atoms with Gasteiger partial charge in [-0.2, -0.15) is 5.26 Å². The average Bonchev–Trinajstić information content (AvgIpc) is 2.76. The number of esters is 1. The Bertz CT molecular complexity index is 400. The van der Waals surface area contributed by atoms with Crippen LogP contribution in [0, 0.1) is 11.3 Å². The minimum atomic E-state index is -0.347. The zero-order valence-corrected chi connectivity index (χ0v) is 10.8. The van der Waals surface area contributed by atoms with Crippen molar-refractivity contribution in [2.75, 3.05) is 6.61 Å². The van der Waals surface area contributed by atoms with Gasteiger partial charge in [0, 0.05) is 13.3 Å².